The van der Waals surface area contributed by atoms with Gasteiger partial charge in [0.25, 0.3) is 0 Å². The molecule has 0 unspecified atom stereocenters. The summed E-state index contributed by atoms with van der Waals surface area (Å²) in [6.07, 6.45) is 5.19. The van der Waals surface area contributed by atoms with E-state index in [4.69, 9.17) is 24.4 Å². The van der Waals surface area contributed by atoms with Crippen molar-refractivity contribution in [1.82, 2.24) is 0 Å². The topological polar surface area (TPSA) is 6.48 Å². The summed E-state index contributed by atoms with van der Waals surface area (Å²) in [5, 5.41) is 0. The van der Waals surface area contributed by atoms with Crippen LogP contribution < -0.4 is 9.80 Å². The summed E-state index contributed by atoms with van der Waals surface area (Å²) in [6, 6.07) is 0. The molecule has 16 heavy (non-hydrogen) atoms. The zero-order chi connectivity index (χ0) is 11.1. The lowest BCUT2D eigenvalue weighted by Crippen LogP contribution is -2.27. The van der Waals surface area contributed by atoms with Crippen molar-refractivity contribution in [2.45, 2.75) is 25.7 Å². The van der Waals surface area contributed by atoms with E-state index >= 15 is 0 Å². The van der Waals surface area contributed by atoms with Crippen LogP contribution >= 0.6 is 24.4 Å². The molecular formula is C12H16N2S2. The zero-order valence-electron chi connectivity index (χ0n) is 9.37. The number of hydrogen-bond donors (Lipinski definition) is 0. The van der Waals surface area contributed by atoms with E-state index in [0.29, 0.717) is 0 Å². The Morgan fingerprint density at radius 1 is 0.625 bits per heavy atom. The summed E-state index contributed by atoms with van der Waals surface area (Å²) in [5.74, 6) is 0. The van der Waals surface area contributed by atoms with Gasteiger partial charge in [-0.05, 0) is 25.7 Å². The molecule has 0 saturated carbocycles. The van der Waals surface area contributed by atoms with Crippen LogP contribution in [0, 0.1) is 9.02 Å². The van der Waals surface area contributed by atoms with Crippen molar-refractivity contribution in [3.05, 3.63) is 9.02 Å². The first kappa shape index (κ1) is 10.7. The molecule has 1 aromatic carbocycles. The molecule has 4 heteroatoms. The summed E-state index contributed by atoms with van der Waals surface area (Å²) >= 11 is 10.8. The van der Waals surface area contributed by atoms with Gasteiger partial charge in [0.2, 0.25) is 0 Å². The van der Waals surface area contributed by atoms with Crippen molar-refractivity contribution < 1.29 is 0 Å². The van der Waals surface area contributed by atoms with Gasteiger partial charge in [-0.25, -0.2) is 0 Å². The van der Waals surface area contributed by atoms with Crippen LogP contribution in [-0.2, 0) is 0 Å². The second-order valence-electron chi connectivity index (χ2n) is 4.74. The summed E-state index contributed by atoms with van der Waals surface area (Å²) in [6.45, 7) is 4.65. The normalized spacial score (nSPS) is 21.2. The minimum absolute atomic E-state index is 0.943. The first-order chi connectivity index (χ1) is 7.79. The SMILES string of the molecule is S=c1c(N2CCCC2)c(N2CCCC2)c1=S. The third-order valence-corrected chi connectivity index (χ3v) is 4.63. The molecule has 0 aromatic heterocycles. The summed E-state index contributed by atoms with van der Waals surface area (Å²) in [4.78, 5) is 4.87. The van der Waals surface area contributed by atoms with Gasteiger partial charge in [-0.2, -0.15) is 0 Å². The van der Waals surface area contributed by atoms with E-state index in [-0.39, 0.29) is 0 Å². The Morgan fingerprint density at radius 2 is 0.938 bits per heavy atom. The van der Waals surface area contributed by atoms with E-state index in [1.807, 2.05) is 0 Å². The first-order valence-electron chi connectivity index (χ1n) is 6.12. The minimum Gasteiger partial charge on any atom is -0.369 e. The van der Waals surface area contributed by atoms with Gasteiger partial charge in [-0.1, -0.05) is 24.4 Å². The first-order valence-corrected chi connectivity index (χ1v) is 6.94. The van der Waals surface area contributed by atoms with Gasteiger partial charge in [0.05, 0.1) is 20.4 Å². The predicted octanol–water partition coefficient (Wildman–Crippen LogP) is 3.22. The lowest BCUT2D eigenvalue weighted by Gasteiger charge is -2.30. The Kier molecular flexibility index (Phi) is 2.72. The van der Waals surface area contributed by atoms with Crippen molar-refractivity contribution in [3.8, 4) is 0 Å². The fraction of sp³-hybridized carbons (Fsp3) is 0.667. The van der Waals surface area contributed by atoms with Crippen LogP contribution in [0.1, 0.15) is 25.7 Å². The molecule has 0 amide bonds. The maximum Gasteiger partial charge on any atom is 0.0835 e. The highest BCUT2D eigenvalue weighted by Crippen LogP contribution is 2.41. The van der Waals surface area contributed by atoms with Crippen LogP contribution in [0.15, 0.2) is 0 Å². The average molecular weight is 252 g/mol. The van der Waals surface area contributed by atoms with Crippen LogP contribution in [0.2, 0.25) is 0 Å². The monoisotopic (exact) mass is 252 g/mol. The highest BCUT2D eigenvalue weighted by atomic mass is 32.1. The summed E-state index contributed by atoms with van der Waals surface area (Å²) < 4.78 is 1.89. The van der Waals surface area contributed by atoms with Crippen LogP contribution in [0.4, 0.5) is 11.4 Å². The Bertz CT molecular complexity index is 418. The standard InChI is InChI=1S/C12H16N2S2/c15-11-9(13-5-1-2-6-13)10(12(11)16)14-7-3-4-8-14/h1-8H2. The molecule has 3 rings (SSSR count). The van der Waals surface area contributed by atoms with Crippen molar-refractivity contribution in [2.75, 3.05) is 36.0 Å². The molecule has 2 heterocycles. The largest absolute Gasteiger partial charge is 0.369 e. The second kappa shape index (κ2) is 4.08. The van der Waals surface area contributed by atoms with Gasteiger partial charge in [0.15, 0.2) is 0 Å². The summed E-state index contributed by atoms with van der Waals surface area (Å²) in [7, 11) is 0. The molecule has 2 aliphatic rings. The van der Waals surface area contributed by atoms with Gasteiger partial charge in [-0.15, -0.1) is 0 Å². The van der Waals surface area contributed by atoms with E-state index in [1.54, 1.807) is 0 Å². The van der Waals surface area contributed by atoms with Crippen molar-refractivity contribution >= 4 is 35.8 Å². The van der Waals surface area contributed by atoms with E-state index < -0.39 is 0 Å². The molecule has 2 aliphatic heterocycles. The van der Waals surface area contributed by atoms with Crippen molar-refractivity contribution in [1.29, 1.82) is 0 Å². The van der Waals surface area contributed by atoms with E-state index in [9.17, 15) is 0 Å². The minimum atomic E-state index is 0.943. The van der Waals surface area contributed by atoms with Crippen LogP contribution in [0.25, 0.3) is 0 Å². The zero-order valence-corrected chi connectivity index (χ0v) is 11.0. The molecule has 0 radical (unpaired) electrons. The number of nitrogens with zero attached hydrogens (tertiary/aromatic N) is 2. The lowest BCUT2D eigenvalue weighted by molar-refractivity contribution is 0.913. The lowest BCUT2D eigenvalue weighted by atomic mass is 10.1. The van der Waals surface area contributed by atoms with Crippen LogP contribution in [0.3, 0.4) is 0 Å². The Hall–Kier alpha value is -0.480. The molecule has 2 saturated heterocycles. The highest BCUT2D eigenvalue weighted by molar-refractivity contribution is 7.74. The molecular weight excluding hydrogens is 236 g/mol. The second-order valence-corrected chi connectivity index (χ2v) is 5.56. The molecule has 0 aliphatic carbocycles. The number of anilines is 2. The van der Waals surface area contributed by atoms with Gasteiger partial charge >= 0.3 is 0 Å². The maximum absolute atomic E-state index is 5.41. The van der Waals surface area contributed by atoms with Gasteiger partial charge in [0.1, 0.15) is 0 Å². The van der Waals surface area contributed by atoms with Crippen LogP contribution in [0.5, 0.6) is 0 Å². The van der Waals surface area contributed by atoms with Crippen LogP contribution in [-0.4, -0.2) is 26.2 Å². The molecule has 0 N–H and O–H groups in total. The smallest absolute Gasteiger partial charge is 0.0835 e. The summed E-state index contributed by atoms with van der Waals surface area (Å²) in [5.41, 5.74) is 2.58. The third-order valence-electron chi connectivity index (χ3n) is 3.71. The predicted molar refractivity (Wildman–Crippen MR) is 73.4 cm³/mol. The van der Waals surface area contributed by atoms with E-state index in [1.165, 1.54) is 37.1 Å². The van der Waals surface area contributed by atoms with Gasteiger partial charge in [0, 0.05) is 26.2 Å². The van der Waals surface area contributed by atoms with Gasteiger partial charge in [-0.3, -0.25) is 0 Å². The number of rotatable bonds is 2. The molecule has 0 bridgehead atoms. The van der Waals surface area contributed by atoms with Crippen molar-refractivity contribution in [3.63, 3.8) is 0 Å². The fourth-order valence-corrected chi connectivity index (χ4v) is 3.48. The molecule has 86 valence electrons. The van der Waals surface area contributed by atoms with E-state index in [0.717, 1.165) is 35.2 Å². The highest BCUT2D eigenvalue weighted by Gasteiger charge is 2.27. The Labute approximate surface area is 107 Å². The average Bonchev–Trinajstić information content (AvgIpc) is 2.96. The molecule has 2 fully saturated rings. The Morgan fingerprint density at radius 3 is 1.25 bits per heavy atom. The maximum atomic E-state index is 5.41. The quantitative estimate of drug-likeness (QED) is 0.745. The fourth-order valence-electron chi connectivity index (χ4n) is 2.84. The molecule has 0 spiro atoms. The third kappa shape index (κ3) is 1.51. The molecule has 0 atom stereocenters. The van der Waals surface area contributed by atoms with Crippen molar-refractivity contribution in [2.24, 2.45) is 0 Å². The van der Waals surface area contributed by atoms with Gasteiger partial charge < -0.3 is 9.80 Å². The van der Waals surface area contributed by atoms with E-state index in [2.05, 4.69) is 9.80 Å². The number of hydrogen-bond acceptors (Lipinski definition) is 4. The Balaban J connectivity index is 1.95. The molecule has 1 aromatic rings. The molecule has 2 nitrogen and oxygen atoms in total.